The number of amides is 4. The molecular weight excluding hydrogens is 537 g/mol. The highest BCUT2D eigenvalue weighted by Gasteiger charge is 2.39. The van der Waals surface area contributed by atoms with E-state index < -0.39 is 40.8 Å². The van der Waals surface area contributed by atoms with E-state index in [1.165, 1.54) is 19.3 Å². The molecule has 0 aliphatic carbocycles. The minimum Gasteiger partial charge on any atom is -0.493 e. The van der Waals surface area contributed by atoms with Crippen molar-refractivity contribution in [2.45, 2.75) is 26.6 Å². The number of urea groups is 1. The van der Waals surface area contributed by atoms with E-state index in [2.05, 4.69) is 0 Å². The van der Waals surface area contributed by atoms with Crippen LogP contribution < -0.4 is 19.7 Å². The van der Waals surface area contributed by atoms with Crippen LogP contribution in [0.15, 0.2) is 60.2 Å². The Labute approximate surface area is 226 Å². The third-order valence-corrected chi connectivity index (χ3v) is 6.11. The van der Waals surface area contributed by atoms with E-state index in [9.17, 15) is 27.6 Å². The minimum atomic E-state index is -4.75. The Morgan fingerprint density at radius 1 is 0.949 bits per heavy atom. The highest BCUT2D eigenvalue weighted by atomic mass is 35.5. The van der Waals surface area contributed by atoms with Gasteiger partial charge in [0, 0.05) is 0 Å². The lowest BCUT2D eigenvalue weighted by Crippen LogP contribution is -2.54. The molecule has 0 saturated carbocycles. The molecule has 4 rings (SSSR count). The van der Waals surface area contributed by atoms with E-state index in [0.29, 0.717) is 28.0 Å². The molecule has 7 nitrogen and oxygen atoms in total. The van der Waals surface area contributed by atoms with Crippen LogP contribution >= 0.6 is 11.6 Å². The third kappa shape index (κ3) is 6.06. The molecule has 0 bridgehead atoms. The van der Waals surface area contributed by atoms with Crippen molar-refractivity contribution in [3.8, 4) is 11.5 Å². The van der Waals surface area contributed by atoms with Gasteiger partial charge in [0.1, 0.15) is 12.2 Å². The van der Waals surface area contributed by atoms with Crippen LogP contribution in [0.5, 0.6) is 11.5 Å². The number of nitrogens with one attached hydrogen (secondary N) is 1. The summed E-state index contributed by atoms with van der Waals surface area (Å²) in [7, 11) is 1.42. The van der Waals surface area contributed by atoms with Gasteiger partial charge < -0.3 is 9.47 Å². The largest absolute Gasteiger partial charge is 0.493 e. The summed E-state index contributed by atoms with van der Waals surface area (Å²) in [4.78, 5) is 38.6. The standard InChI is InChI=1S/C28H22ClF3N2O5/c1-15-8-16(2)10-18(9-15)14-39-23-7-4-17(12-24(23)38-3)11-20-25(35)33-27(37)34(26(20)36)22-13-19(28(30,31)32)5-6-21(22)29/h4-13H,14H2,1-3H3,(H,33,35,37)/b20-11-. The van der Waals surface area contributed by atoms with Gasteiger partial charge in [-0.2, -0.15) is 13.2 Å². The number of rotatable bonds is 6. The molecular formula is C28H22ClF3N2O5. The first kappa shape index (κ1) is 27.7. The van der Waals surface area contributed by atoms with Crippen LogP contribution in [0.1, 0.15) is 27.8 Å². The summed E-state index contributed by atoms with van der Waals surface area (Å²) < 4.78 is 51.0. The summed E-state index contributed by atoms with van der Waals surface area (Å²) in [5, 5.41) is 1.68. The normalized spacial score (nSPS) is 15.0. The SMILES string of the molecule is COc1cc(/C=C2/C(=O)NC(=O)N(c3cc(C(F)(F)F)ccc3Cl)C2=O)ccc1OCc1cc(C)cc(C)c1. The van der Waals surface area contributed by atoms with Gasteiger partial charge in [-0.3, -0.25) is 14.9 Å². The predicted molar refractivity (Wildman–Crippen MR) is 139 cm³/mol. The fourth-order valence-electron chi connectivity index (χ4n) is 4.11. The van der Waals surface area contributed by atoms with Gasteiger partial charge in [0.2, 0.25) is 0 Å². The molecule has 1 saturated heterocycles. The fraction of sp³-hybridized carbons (Fsp3) is 0.179. The van der Waals surface area contributed by atoms with Crippen molar-refractivity contribution in [2.75, 3.05) is 12.0 Å². The molecule has 202 valence electrons. The molecule has 1 heterocycles. The number of barbiturate groups is 1. The van der Waals surface area contributed by atoms with Crippen LogP contribution in [0.3, 0.4) is 0 Å². The Hall–Kier alpha value is -4.31. The Morgan fingerprint density at radius 3 is 2.28 bits per heavy atom. The van der Waals surface area contributed by atoms with Crippen molar-refractivity contribution in [1.82, 2.24) is 5.32 Å². The lowest BCUT2D eigenvalue weighted by molar-refractivity contribution is -0.137. The average molecular weight is 559 g/mol. The van der Waals surface area contributed by atoms with Crippen molar-refractivity contribution in [3.63, 3.8) is 0 Å². The fourth-order valence-corrected chi connectivity index (χ4v) is 4.31. The van der Waals surface area contributed by atoms with Gasteiger partial charge in [0.25, 0.3) is 11.8 Å². The first-order chi connectivity index (χ1) is 18.4. The summed E-state index contributed by atoms with van der Waals surface area (Å²) in [6.07, 6.45) is -3.56. The van der Waals surface area contributed by atoms with Gasteiger partial charge >= 0.3 is 12.2 Å². The molecule has 3 aromatic carbocycles. The predicted octanol–water partition coefficient (Wildman–Crippen LogP) is 6.23. The second kappa shape index (κ2) is 10.8. The number of benzene rings is 3. The zero-order valence-corrected chi connectivity index (χ0v) is 21.7. The summed E-state index contributed by atoms with van der Waals surface area (Å²) in [5.41, 5.74) is 1.37. The second-order valence-electron chi connectivity index (χ2n) is 8.82. The number of methoxy groups -OCH3 is 1. The smallest absolute Gasteiger partial charge is 0.416 e. The topological polar surface area (TPSA) is 84.9 Å². The van der Waals surface area contributed by atoms with Gasteiger partial charge in [0.15, 0.2) is 11.5 Å². The number of aryl methyl sites for hydroxylation is 2. The number of carbonyl (C=O) groups excluding carboxylic acids is 3. The monoisotopic (exact) mass is 558 g/mol. The molecule has 0 unspecified atom stereocenters. The van der Waals surface area contributed by atoms with Crippen molar-refractivity contribution in [3.05, 3.63) is 93.0 Å². The number of carbonyl (C=O) groups is 3. The lowest BCUT2D eigenvalue weighted by atomic mass is 10.1. The van der Waals surface area contributed by atoms with Gasteiger partial charge in [-0.25, -0.2) is 9.69 Å². The molecule has 1 fully saturated rings. The van der Waals surface area contributed by atoms with Gasteiger partial charge in [-0.1, -0.05) is 47.0 Å². The van der Waals surface area contributed by atoms with Crippen LogP contribution in [-0.4, -0.2) is 25.0 Å². The zero-order chi connectivity index (χ0) is 28.5. The van der Waals surface area contributed by atoms with E-state index >= 15 is 0 Å². The third-order valence-electron chi connectivity index (χ3n) is 5.79. The molecule has 3 aromatic rings. The van der Waals surface area contributed by atoms with Crippen LogP contribution in [0.25, 0.3) is 6.08 Å². The summed E-state index contributed by atoms with van der Waals surface area (Å²) in [6.45, 7) is 4.24. The highest BCUT2D eigenvalue weighted by Crippen LogP contribution is 2.37. The zero-order valence-electron chi connectivity index (χ0n) is 21.0. The maximum atomic E-state index is 13.2. The molecule has 0 spiro atoms. The molecule has 1 N–H and O–H groups in total. The number of nitrogens with zero attached hydrogens (tertiary/aromatic N) is 1. The Bertz CT molecular complexity index is 1500. The van der Waals surface area contributed by atoms with Crippen molar-refractivity contribution in [2.24, 2.45) is 0 Å². The van der Waals surface area contributed by atoms with Crippen molar-refractivity contribution in [1.29, 1.82) is 0 Å². The highest BCUT2D eigenvalue weighted by molar-refractivity contribution is 6.42. The number of alkyl halides is 3. The first-order valence-electron chi connectivity index (χ1n) is 11.5. The van der Waals surface area contributed by atoms with E-state index in [4.69, 9.17) is 21.1 Å². The van der Waals surface area contributed by atoms with Crippen molar-refractivity contribution >= 4 is 41.2 Å². The van der Waals surface area contributed by atoms with Crippen molar-refractivity contribution < 1.29 is 37.0 Å². The van der Waals surface area contributed by atoms with Crippen LogP contribution in [0.2, 0.25) is 5.02 Å². The molecule has 0 atom stereocenters. The van der Waals surface area contributed by atoms with Gasteiger partial charge in [-0.15, -0.1) is 0 Å². The molecule has 1 aliphatic rings. The molecule has 1 aliphatic heterocycles. The average Bonchev–Trinajstić information content (AvgIpc) is 2.85. The molecule has 39 heavy (non-hydrogen) atoms. The molecule has 4 amide bonds. The summed E-state index contributed by atoms with van der Waals surface area (Å²) >= 11 is 6.03. The van der Waals surface area contributed by atoms with Gasteiger partial charge in [-0.05, 0) is 61.4 Å². The number of ether oxygens (including phenoxy) is 2. The second-order valence-corrected chi connectivity index (χ2v) is 9.22. The van der Waals surface area contributed by atoms with E-state index in [-0.39, 0.29) is 11.6 Å². The number of hydrogen-bond acceptors (Lipinski definition) is 5. The minimum absolute atomic E-state index is 0.273. The maximum absolute atomic E-state index is 13.2. The summed E-state index contributed by atoms with van der Waals surface area (Å²) in [5.74, 6) is -1.44. The van der Waals surface area contributed by atoms with Gasteiger partial charge in [0.05, 0.1) is 23.4 Å². The van der Waals surface area contributed by atoms with Crippen LogP contribution in [-0.2, 0) is 22.4 Å². The maximum Gasteiger partial charge on any atom is 0.416 e. The van der Waals surface area contributed by atoms with Crippen LogP contribution in [0.4, 0.5) is 23.7 Å². The van der Waals surface area contributed by atoms with E-state index in [1.807, 2.05) is 37.4 Å². The number of anilines is 1. The van der Waals surface area contributed by atoms with E-state index in [0.717, 1.165) is 28.8 Å². The number of imide groups is 2. The Kier molecular flexibility index (Phi) is 7.69. The quantitative estimate of drug-likeness (QED) is 0.286. The molecule has 0 aromatic heterocycles. The number of hydrogen-bond donors (Lipinski definition) is 1. The molecule has 0 radical (unpaired) electrons. The first-order valence-corrected chi connectivity index (χ1v) is 11.9. The van der Waals surface area contributed by atoms with Crippen LogP contribution in [0, 0.1) is 13.8 Å². The summed E-state index contributed by atoms with van der Waals surface area (Å²) in [6, 6.07) is 11.7. The lowest BCUT2D eigenvalue weighted by Gasteiger charge is -2.27. The molecule has 11 heteroatoms. The Balaban J connectivity index is 1.63. The van der Waals surface area contributed by atoms with E-state index in [1.54, 1.807) is 12.1 Å². The Morgan fingerprint density at radius 2 is 1.64 bits per heavy atom. The number of halogens is 4.